The predicted octanol–water partition coefficient (Wildman–Crippen LogP) is 2.08. The summed E-state index contributed by atoms with van der Waals surface area (Å²) in [7, 11) is 1.92. The van der Waals surface area contributed by atoms with Crippen molar-refractivity contribution in [2.75, 3.05) is 13.2 Å². The number of aryl methyl sites for hydroxylation is 2. The maximum Gasteiger partial charge on any atom is 0.306 e. The molecule has 0 spiro atoms. The Kier molecular flexibility index (Phi) is 5.17. The fourth-order valence-electron chi connectivity index (χ4n) is 2.60. The monoisotopic (exact) mass is 280 g/mol. The molecule has 112 valence electrons. The molecule has 5 nitrogen and oxygen atoms in total. The van der Waals surface area contributed by atoms with Crippen LogP contribution in [0.1, 0.15) is 42.6 Å². The van der Waals surface area contributed by atoms with Gasteiger partial charge in [0, 0.05) is 25.8 Å². The third-order valence-electron chi connectivity index (χ3n) is 3.94. The molecule has 0 aliphatic carbocycles. The van der Waals surface area contributed by atoms with Crippen molar-refractivity contribution in [3.63, 3.8) is 0 Å². The summed E-state index contributed by atoms with van der Waals surface area (Å²) in [6.45, 7) is 5.18. The predicted molar refractivity (Wildman–Crippen MR) is 75.6 cm³/mol. The summed E-state index contributed by atoms with van der Waals surface area (Å²) in [5.74, 6) is -0.151. The smallest absolute Gasteiger partial charge is 0.306 e. The minimum absolute atomic E-state index is 0.0922. The number of hydrogen-bond acceptors (Lipinski definition) is 4. The molecule has 0 amide bonds. The van der Waals surface area contributed by atoms with E-state index in [0.29, 0.717) is 19.4 Å². The highest BCUT2D eigenvalue weighted by atomic mass is 16.6. The Hall–Kier alpha value is -1.36. The van der Waals surface area contributed by atoms with Gasteiger partial charge in [0.05, 0.1) is 11.8 Å². The Morgan fingerprint density at radius 2 is 2.25 bits per heavy atom. The van der Waals surface area contributed by atoms with E-state index < -0.39 is 0 Å². The van der Waals surface area contributed by atoms with E-state index in [1.165, 1.54) is 0 Å². The molecule has 0 N–H and O–H groups in total. The Morgan fingerprint density at radius 1 is 1.45 bits per heavy atom. The van der Waals surface area contributed by atoms with Gasteiger partial charge in [-0.15, -0.1) is 0 Å². The summed E-state index contributed by atoms with van der Waals surface area (Å²) in [6, 6.07) is 0. The van der Waals surface area contributed by atoms with E-state index in [0.717, 1.165) is 42.8 Å². The number of rotatable bonds is 5. The first-order chi connectivity index (χ1) is 9.58. The lowest BCUT2D eigenvalue weighted by Crippen LogP contribution is -2.26. The fourth-order valence-corrected chi connectivity index (χ4v) is 2.60. The molecule has 1 atom stereocenters. The largest absolute Gasteiger partial charge is 0.463 e. The summed E-state index contributed by atoms with van der Waals surface area (Å²) in [6.07, 6.45) is 4.46. The maximum absolute atomic E-state index is 11.8. The summed E-state index contributed by atoms with van der Waals surface area (Å²) in [4.78, 5) is 11.8. The van der Waals surface area contributed by atoms with Gasteiger partial charge in [-0.1, -0.05) is 0 Å². The zero-order valence-electron chi connectivity index (χ0n) is 12.6. The van der Waals surface area contributed by atoms with E-state index in [1.54, 1.807) is 0 Å². The zero-order valence-corrected chi connectivity index (χ0v) is 12.6. The van der Waals surface area contributed by atoms with Crippen LogP contribution in [0.15, 0.2) is 0 Å². The first kappa shape index (κ1) is 15.0. The van der Waals surface area contributed by atoms with Crippen molar-refractivity contribution in [3.05, 3.63) is 17.0 Å². The van der Waals surface area contributed by atoms with Gasteiger partial charge >= 0.3 is 5.97 Å². The van der Waals surface area contributed by atoms with Crippen molar-refractivity contribution >= 4 is 5.97 Å². The van der Waals surface area contributed by atoms with Crippen LogP contribution in [0.4, 0.5) is 0 Å². The van der Waals surface area contributed by atoms with Crippen LogP contribution in [0.25, 0.3) is 0 Å². The molecule has 1 saturated heterocycles. The van der Waals surface area contributed by atoms with E-state index in [9.17, 15) is 4.79 Å². The first-order valence-electron chi connectivity index (χ1n) is 7.34. The lowest BCUT2D eigenvalue weighted by atomic mass is 10.1. The summed E-state index contributed by atoms with van der Waals surface area (Å²) >= 11 is 0. The average Bonchev–Trinajstić information content (AvgIpc) is 2.69. The van der Waals surface area contributed by atoms with Gasteiger partial charge in [-0.25, -0.2) is 0 Å². The maximum atomic E-state index is 11.8. The first-order valence-corrected chi connectivity index (χ1v) is 7.34. The third kappa shape index (κ3) is 3.82. The van der Waals surface area contributed by atoms with Crippen LogP contribution in [0.2, 0.25) is 0 Å². The molecule has 2 heterocycles. The van der Waals surface area contributed by atoms with Crippen LogP contribution in [0.3, 0.4) is 0 Å². The van der Waals surface area contributed by atoms with Gasteiger partial charge in [0.25, 0.3) is 0 Å². The standard InChI is InChI=1S/C15H24N2O3/c1-11-14(12(2)17(3)16-11)7-8-15(18)20-10-13-6-4-5-9-19-13/h13H,4-10H2,1-3H3. The van der Waals surface area contributed by atoms with Crippen LogP contribution in [-0.4, -0.2) is 35.1 Å². The molecule has 1 aromatic heterocycles. The summed E-state index contributed by atoms with van der Waals surface area (Å²) in [5.41, 5.74) is 3.26. The number of aromatic nitrogens is 2. The molecular weight excluding hydrogens is 256 g/mol. The van der Waals surface area contributed by atoms with Crippen LogP contribution >= 0.6 is 0 Å². The molecule has 0 aromatic carbocycles. The lowest BCUT2D eigenvalue weighted by Gasteiger charge is -2.22. The normalized spacial score (nSPS) is 19.1. The molecule has 0 radical (unpaired) electrons. The van der Waals surface area contributed by atoms with Gasteiger partial charge in [-0.2, -0.15) is 5.10 Å². The highest BCUT2D eigenvalue weighted by Crippen LogP contribution is 2.15. The van der Waals surface area contributed by atoms with E-state index in [2.05, 4.69) is 5.10 Å². The molecule has 0 bridgehead atoms. The summed E-state index contributed by atoms with van der Waals surface area (Å²) < 4.78 is 12.7. The second-order valence-electron chi connectivity index (χ2n) is 5.44. The molecule has 1 aromatic rings. The second kappa shape index (κ2) is 6.88. The van der Waals surface area contributed by atoms with Crippen LogP contribution in [0, 0.1) is 13.8 Å². The Morgan fingerprint density at radius 3 is 2.85 bits per heavy atom. The topological polar surface area (TPSA) is 53.4 Å². The fraction of sp³-hybridized carbons (Fsp3) is 0.733. The second-order valence-corrected chi connectivity index (χ2v) is 5.44. The van der Waals surface area contributed by atoms with Crippen LogP contribution in [0.5, 0.6) is 0 Å². The van der Waals surface area contributed by atoms with Crippen molar-refractivity contribution in [2.24, 2.45) is 7.05 Å². The van der Waals surface area contributed by atoms with E-state index >= 15 is 0 Å². The molecular formula is C15H24N2O3. The number of nitrogens with zero attached hydrogens (tertiary/aromatic N) is 2. The number of ether oxygens (including phenoxy) is 2. The van der Waals surface area contributed by atoms with Crippen LogP contribution < -0.4 is 0 Å². The van der Waals surface area contributed by atoms with Crippen molar-refractivity contribution in [3.8, 4) is 0 Å². The van der Waals surface area contributed by atoms with Crippen molar-refractivity contribution in [1.29, 1.82) is 0 Å². The van der Waals surface area contributed by atoms with Gasteiger partial charge in [0.2, 0.25) is 0 Å². The Bertz CT molecular complexity index is 462. The molecule has 1 aliphatic heterocycles. The van der Waals surface area contributed by atoms with Gasteiger partial charge in [0.15, 0.2) is 0 Å². The van der Waals surface area contributed by atoms with Crippen molar-refractivity contribution < 1.29 is 14.3 Å². The highest BCUT2D eigenvalue weighted by Gasteiger charge is 2.17. The van der Waals surface area contributed by atoms with E-state index in [-0.39, 0.29) is 12.1 Å². The van der Waals surface area contributed by atoms with Crippen molar-refractivity contribution in [2.45, 2.75) is 52.1 Å². The Labute approximate surface area is 120 Å². The number of hydrogen-bond donors (Lipinski definition) is 0. The minimum Gasteiger partial charge on any atom is -0.463 e. The van der Waals surface area contributed by atoms with Crippen LogP contribution in [-0.2, 0) is 27.7 Å². The molecule has 1 aliphatic rings. The molecule has 2 rings (SSSR count). The quantitative estimate of drug-likeness (QED) is 0.775. The molecule has 0 saturated carbocycles. The zero-order chi connectivity index (χ0) is 14.5. The molecule has 1 fully saturated rings. The molecule has 20 heavy (non-hydrogen) atoms. The number of carbonyl (C=O) groups is 1. The molecule has 5 heteroatoms. The van der Waals surface area contributed by atoms with Gasteiger partial charge in [-0.05, 0) is 45.1 Å². The highest BCUT2D eigenvalue weighted by molar-refractivity contribution is 5.69. The Balaban J connectivity index is 1.74. The lowest BCUT2D eigenvalue weighted by molar-refractivity contribution is -0.149. The summed E-state index contributed by atoms with van der Waals surface area (Å²) in [5, 5.41) is 4.35. The van der Waals surface area contributed by atoms with E-state index in [4.69, 9.17) is 9.47 Å². The van der Waals surface area contributed by atoms with Crippen molar-refractivity contribution in [1.82, 2.24) is 9.78 Å². The van der Waals surface area contributed by atoms with Gasteiger partial charge < -0.3 is 9.47 Å². The SMILES string of the molecule is Cc1nn(C)c(C)c1CCC(=O)OCC1CCCCO1. The minimum atomic E-state index is -0.151. The average molecular weight is 280 g/mol. The number of esters is 1. The van der Waals surface area contributed by atoms with Gasteiger partial charge in [-0.3, -0.25) is 9.48 Å². The number of carbonyl (C=O) groups excluding carboxylic acids is 1. The molecule has 1 unspecified atom stereocenters. The van der Waals surface area contributed by atoms with E-state index in [1.807, 2.05) is 25.6 Å². The third-order valence-corrected chi connectivity index (χ3v) is 3.94. The van der Waals surface area contributed by atoms with Gasteiger partial charge in [0.1, 0.15) is 6.61 Å².